The number of aryl methyl sites for hydroxylation is 1. The van der Waals surface area contributed by atoms with Gasteiger partial charge in [-0.3, -0.25) is 14.5 Å². The second-order valence-electron chi connectivity index (χ2n) is 8.95. The van der Waals surface area contributed by atoms with Crippen molar-refractivity contribution in [2.45, 2.75) is 19.4 Å². The van der Waals surface area contributed by atoms with Crippen LogP contribution in [0.25, 0.3) is 11.4 Å². The largest absolute Gasteiger partial charge is 0.493 e. The number of carbonyl (C=O) groups excluding carboxylic acids is 1. The Bertz CT molecular complexity index is 1290. The molecule has 2 aromatic carbocycles. The number of benzene rings is 2. The second-order valence-corrected chi connectivity index (χ2v) is 8.95. The van der Waals surface area contributed by atoms with Crippen molar-refractivity contribution < 1.29 is 23.4 Å². The molecule has 0 spiro atoms. The molecule has 0 radical (unpaired) electrons. The van der Waals surface area contributed by atoms with E-state index in [-0.39, 0.29) is 42.7 Å². The summed E-state index contributed by atoms with van der Waals surface area (Å²) in [5.41, 5.74) is 1.09. The van der Waals surface area contributed by atoms with E-state index in [9.17, 15) is 14.0 Å². The average Bonchev–Trinajstić information content (AvgIpc) is 2.94. The molecule has 1 aliphatic rings. The van der Waals surface area contributed by atoms with Crippen LogP contribution >= 0.6 is 0 Å². The van der Waals surface area contributed by atoms with Crippen LogP contribution in [0.2, 0.25) is 0 Å². The molecule has 0 saturated carbocycles. The minimum Gasteiger partial charge on any atom is -0.493 e. The normalized spacial score (nSPS) is 13.9. The lowest BCUT2D eigenvalue weighted by molar-refractivity contribution is -0.133. The highest BCUT2D eigenvalue weighted by molar-refractivity contribution is 5.76. The highest BCUT2D eigenvalue weighted by Gasteiger charge is 2.21. The number of nitrogens with one attached hydrogen (secondary N) is 1. The van der Waals surface area contributed by atoms with Gasteiger partial charge in [-0.2, -0.15) is 0 Å². The molecule has 11 heteroatoms. The van der Waals surface area contributed by atoms with Gasteiger partial charge in [0.2, 0.25) is 5.91 Å². The zero-order valence-electron chi connectivity index (χ0n) is 21.6. The summed E-state index contributed by atoms with van der Waals surface area (Å²) in [6.07, 6.45) is 0.405. The van der Waals surface area contributed by atoms with Crippen molar-refractivity contribution in [3.63, 3.8) is 0 Å². The van der Waals surface area contributed by atoms with Crippen molar-refractivity contribution in [3.05, 3.63) is 69.9 Å². The van der Waals surface area contributed by atoms with E-state index in [0.717, 1.165) is 19.6 Å². The number of methoxy groups -OCH3 is 2. The maximum atomic E-state index is 13.4. The zero-order valence-corrected chi connectivity index (χ0v) is 21.6. The Morgan fingerprint density at radius 3 is 2.58 bits per heavy atom. The Hall–Kier alpha value is -3.83. The van der Waals surface area contributed by atoms with Gasteiger partial charge in [-0.05, 0) is 35.9 Å². The van der Waals surface area contributed by atoms with Crippen LogP contribution in [0.15, 0.2) is 47.3 Å². The average molecular weight is 526 g/mol. The van der Waals surface area contributed by atoms with E-state index >= 15 is 0 Å². The van der Waals surface area contributed by atoms with Crippen molar-refractivity contribution in [3.8, 4) is 22.9 Å². The van der Waals surface area contributed by atoms with E-state index < -0.39 is 5.56 Å². The Balaban J connectivity index is 1.34. The van der Waals surface area contributed by atoms with Crippen LogP contribution < -0.4 is 15.0 Å². The summed E-state index contributed by atoms with van der Waals surface area (Å²) in [5, 5.41) is 8.25. The van der Waals surface area contributed by atoms with Crippen LogP contribution in [0.4, 0.5) is 4.39 Å². The van der Waals surface area contributed by atoms with Gasteiger partial charge in [0.1, 0.15) is 18.1 Å². The molecule has 4 rings (SSSR count). The lowest BCUT2D eigenvalue weighted by Gasteiger charge is -2.34. The molecule has 1 aromatic heterocycles. The minimum absolute atomic E-state index is 0.000217. The molecule has 0 bridgehead atoms. The Labute approximate surface area is 220 Å². The lowest BCUT2D eigenvalue weighted by atomic mass is 10.1. The van der Waals surface area contributed by atoms with Crippen molar-refractivity contribution in [1.82, 2.24) is 25.0 Å². The van der Waals surface area contributed by atoms with Crippen LogP contribution in [0, 0.1) is 5.82 Å². The molecule has 1 N–H and O–H groups in total. The topological polar surface area (TPSA) is 110 Å². The molecule has 0 unspecified atom stereocenters. The van der Waals surface area contributed by atoms with Gasteiger partial charge in [-0.15, -0.1) is 10.2 Å². The first-order chi connectivity index (χ1) is 18.5. The number of amides is 1. The monoisotopic (exact) mass is 525 g/mol. The van der Waals surface area contributed by atoms with Crippen molar-refractivity contribution in [1.29, 1.82) is 0 Å². The molecular weight excluding hydrogens is 493 g/mol. The van der Waals surface area contributed by atoms with Crippen LogP contribution in [-0.4, -0.2) is 84.4 Å². The number of hydrogen-bond acceptors (Lipinski definition) is 8. The molecule has 0 atom stereocenters. The highest BCUT2D eigenvalue weighted by Crippen LogP contribution is 2.31. The predicted octanol–water partition coefficient (Wildman–Crippen LogP) is 2.28. The quantitative estimate of drug-likeness (QED) is 0.406. The van der Waals surface area contributed by atoms with Gasteiger partial charge in [0, 0.05) is 58.2 Å². The number of nitrogens with zero attached hydrogens (tertiary/aromatic N) is 4. The molecule has 1 amide bonds. The first-order valence-corrected chi connectivity index (χ1v) is 12.5. The number of H-pyrrole nitrogens is 1. The predicted molar refractivity (Wildman–Crippen MR) is 139 cm³/mol. The fourth-order valence-electron chi connectivity index (χ4n) is 4.20. The summed E-state index contributed by atoms with van der Waals surface area (Å²) in [4.78, 5) is 32.1. The third kappa shape index (κ3) is 7.14. The Kier molecular flexibility index (Phi) is 9.39. The van der Waals surface area contributed by atoms with Gasteiger partial charge in [0.15, 0.2) is 17.3 Å². The van der Waals surface area contributed by atoms with Gasteiger partial charge in [-0.1, -0.05) is 12.1 Å². The third-order valence-electron chi connectivity index (χ3n) is 6.40. The molecule has 1 fully saturated rings. The summed E-state index contributed by atoms with van der Waals surface area (Å²) in [5.74, 6) is 0.830. The van der Waals surface area contributed by atoms with E-state index in [1.165, 1.54) is 19.2 Å². The summed E-state index contributed by atoms with van der Waals surface area (Å²) >= 11 is 0. The van der Waals surface area contributed by atoms with E-state index in [1.807, 2.05) is 4.90 Å². The van der Waals surface area contributed by atoms with Crippen molar-refractivity contribution in [2.75, 3.05) is 53.6 Å². The summed E-state index contributed by atoms with van der Waals surface area (Å²) in [6.45, 7) is 4.63. The van der Waals surface area contributed by atoms with Gasteiger partial charge < -0.3 is 24.1 Å². The Morgan fingerprint density at radius 1 is 1.05 bits per heavy atom. The maximum Gasteiger partial charge on any atom is 0.273 e. The molecule has 38 heavy (non-hydrogen) atoms. The number of carbonyl (C=O) groups is 1. The third-order valence-corrected chi connectivity index (χ3v) is 6.40. The fourth-order valence-corrected chi connectivity index (χ4v) is 4.20. The van der Waals surface area contributed by atoms with Gasteiger partial charge in [-0.25, -0.2) is 4.39 Å². The lowest BCUT2D eigenvalue weighted by Crippen LogP contribution is -2.49. The molecule has 0 aliphatic carbocycles. The molecular formula is C27H32FN5O5. The first-order valence-electron chi connectivity index (χ1n) is 12.5. The van der Waals surface area contributed by atoms with Crippen LogP contribution in [0.1, 0.15) is 17.7 Å². The summed E-state index contributed by atoms with van der Waals surface area (Å²) in [6, 6.07) is 11.3. The van der Waals surface area contributed by atoms with Crippen LogP contribution in [-0.2, 0) is 22.6 Å². The van der Waals surface area contributed by atoms with Gasteiger partial charge in [0.25, 0.3) is 5.56 Å². The number of aromatic nitrogens is 3. The van der Waals surface area contributed by atoms with Crippen molar-refractivity contribution in [2.24, 2.45) is 0 Å². The molecule has 1 saturated heterocycles. The number of hydrogen-bond donors (Lipinski definition) is 1. The van der Waals surface area contributed by atoms with Crippen LogP contribution in [0.3, 0.4) is 0 Å². The number of piperazine rings is 1. The molecule has 2 heterocycles. The maximum absolute atomic E-state index is 13.4. The minimum atomic E-state index is -0.391. The van der Waals surface area contributed by atoms with E-state index in [4.69, 9.17) is 14.2 Å². The zero-order chi connectivity index (χ0) is 26.9. The number of halogens is 1. The second kappa shape index (κ2) is 13.1. The molecule has 1 aliphatic heterocycles. The van der Waals surface area contributed by atoms with Gasteiger partial charge in [0.05, 0.1) is 13.7 Å². The summed E-state index contributed by atoms with van der Waals surface area (Å²) in [7, 11) is 3.18. The fraction of sp³-hybridized carbons (Fsp3) is 0.407. The van der Waals surface area contributed by atoms with Crippen LogP contribution in [0.5, 0.6) is 11.5 Å². The molecule has 3 aromatic rings. The molecule has 202 valence electrons. The number of aromatic amines is 1. The van der Waals surface area contributed by atoms with E-state index in [2.05, 4.69) is 20.1 Å². The van der Waals surface area contributed by atoms with Gasteiger partial charge >= 0.3 is 0 Å². The Morgan fingerprint density at radius 2 is 1.87 bits per heavy atom. The highest BCUT2D eigenvalue weighted by atomic mass is 19.1. The number of rotatable bonds is 11. The standard InChI is InChI=1S/C27H32FN5O5/c1-36-15-14-32-10-12-33(13-11-32)25(34)9-7-22-27(35)29-26(31-30-22)20-6-8-23(24(17-20)37-2)38-18-19-4-3-5-21(28)16-19/h3-6,8,16-17H,7,9-15,18H2,1-2H3,(H,29,31,35). The van der Waals surface area contributed by atoms with Crippen molar-refractivity contribution >= 4 is 5.91 Å². The smallest absolute Gasteiger partial charge is 0.273 e. The number of ether oxygens (including phenoxy) is 3. The SMILES string of the molecule is COCCN1CCN(C(=O)CCc2nnc(-c3ccc(OCc4cccc(F)c4)c(OC)c3)[nH]c2=O)CC1. The van der Waals surface area contributed by atoms with E-state index in [0.29, 0.717) is 42.3 Å². The first kappa shape index (κ1) is 27.2. The van der Waals surface area contributed by atoms with E-state index in [1.54, 1.807) is 37.4 Å². The summed E-state index contributed by atoms with van der Waals surface area (Å²) < 4.78 is 29.7. The molecule has 10 nitrogen and oxygen atoms in total.